The number of aromatic nitrogens is 6. The lowest BCUT2D eigenvalue weighted by Crippen LogP contribution is -2.25. The van der Waals surface area contributed by atoms with Gasteiger partial charge in [-0.25, -0.2) is 0 Å². The van der Waals surface area contributed by atoms with Crippen LogP contribution < -0.4 is 10.1 Å². The number of nitrogens with one attached hydrogen (secondary N) is 1. The molecule has 0 fully saturated rings. The number of carbonyl (C=O) groups excluding carboxylic acids is 1. The van der Waals surface area contributed by atoms with Crippen LogP contribution in [0.2, 0.25) is 5.02 Å². The van der Waals surface area contributed by atoms with Crippen molar-refractivity contribution >= 4 is 29.0 Å². The van der Waals surface area contributed by atoms with Crippen molar-refractivity contribution in [2.45, 2.75) is 25.9 Å². The van der Waals surface area contributed by atoms with Gasteiger partial charge < -0.3 is 10.1 Å². The van der Waals surface area contributed by atoms with Gasteiger partial charge in [-0.3, -0.25) is 4.79 Å². The second kappa shape index (κ2) is 8.52. The van der Waals surface area contributed by atoms with Crippen LogP contribution in [0.3, 0.4) is 0 Å². The minimum atomic E-state index is -0.162. The number of aryl methyl sites for hydroxylation is 1. The average molecular weight is 486 g/mol. The molecular weight excluding hydrogens is 466 g/mol. The first-order valence-electron chi connectivity index (χ1n) is 11.1. The molecule has 4 heterocycles. The number of rotatable bonds is 5. The Balaban J connectivity index is 1.33. The predicted octanol–water partition coefficient (Wildman–Crippen LogP) is 4.32. The number of benzene rings is 2. The summed E-state index contributed by atoms with van der Waals surface area (Å²) in [6.45, 7) is 2.36. The number of hydrogen-bond donors (Lipinski definition) is 1. The molecule has 35 heavy (non-hydrogen) atoms. The number of ether oxygens (including phenoxy) is 1. The largest absolute Gasteiger partial charge is 0.489 e. The zero-order valence-electron chi connectivity index (χ0n) is 18.7. The molecule has 0 saturated heterocycles. The number of fused-ring (bicyclic) bond motifs is 2. The summed E-state index contributed by atoms with van der Waals surface area (Å²) in [5.74, 6) is 1.67. The third-order valence-electron chi connectivity index (χ3n) is 6.05. The number of halogens is 1. The van der Waals surface area contributed by atoms with Crippen molar-refractivity contribution in [3.8, 4) is 11.6 Å². The summed E-state index contributed by atoms with van der Waals surface area (Å²) in [5, 5.41) is 20.8. The van der Waals surface area contributed by atoms with Crippen LogP contribution in [0.25, 0.3) is 11.5 Å². The minimum Gasteiger partial charge on any atom is -0.489 e. The number of anilines is 1. The van der Waals surface area contributed by atoms with Crippen molar-refractivity contribution in [1.82, 2.24) is 29.6 Å². The van der Waals surface area contributed by atoms with Gasteiger partial charge in [-0.15, -0.1) is 15.3 Å². The highest BCUT2D eigenvalue weighted by Gasteiger charge is 2.33. The lowest BCUT2D eigenvalue weighted by atomic mass is 9.86. The van der Waals surface area contributed by atoms with E-state index in [2.05, 4.69) is 20.6 Å². The van der Waals surface area contributed by atoms with E-state index < -0.39 is 0 Å². The molecule has 1 atom stereocenters. The van der Waals surface area contributed by atoms with Gasteiger partial charge in [-0.1, -0.05) is 35.9 Å². The highest BCUT2D eigenvalue weighted by atomic mass is 35.5. The van der Waals surface area contributed by atoms with Crippen molar-refractivity contribution in [2.75, 3.05) is 5.32 Å². The van der Waals surface area contributed by atoms with Crippen LogP contribution in [0.15, 0.2) is 67.0 Å². The van der Waals surface area contributed by atoms with Gasteiger partial charge in [0.2, 0.25) is 5.91 Å². The number of amides is 1. The molecular formula is C25H20ClN7O2. The molecule has 1 aliphatic heterocycles. The maximum absolute atomic E-state index is 12.8. The summed E-state index contributed by atoms with van der Waals surface area (Å²) < 4.78 is 9.26. The fourth-order valence-electron chi connectivity index (χ4n) is 4.40. The molecule has 1 aliphatic rings. The fraction of sp³-hybridized carbons (Fsp3) is 0.160. The topological polar surface area (TPSA) is 99.2 Å². The Morgan fingerprint density at radius 1 is 1.11 bits per heavy atom. The van der Waals surface area contributed by atoms with Crippen LogP contribution in [0.5, 0.6) is 5.75 Å². The van der Waals surface area contributed by atoms with Gasteiger partial charge in [0.1, 0.15) is 24.5 Å². The Labute approximate surface area is 205 Å². The minimum absolute atomic E-state index is 0.0819. The van der Waals surface area contributed by atoms with E-state index >= 15 is 0 Å². The monoisotopic (exact) mass is 485 g/mol. The number of carbonyl (C=O) groups is 1. The molecule has 5 aromatic rings. The SMILES string of the molecule is Cc1nn(-c2ccc3nncn3n2)c2c1C(c1cccc(OCc3ccc(Cl)cc3)c1)CC(=O)N2. The van der Waals surface area contributed by atoms with E-state index in [-0.39, 0.29) is 11.8 Å². The normalized spacial score (nSPS) is 15.1. The highest BCUT2D eigenvalue weighted by molar-refractivity contribution is 6.30. The zero-order valence-corrected chi connectivity index (χ0v) is 19.5. The second-order valence-electron chi connectivity index (χ2n) is 8.38. The molecule has 2 aromatic carbocycles. The lowest BCUT2D eigenvalue weighted by molar-refractivity contribution is -0.116. The molecule has 0 spiro atoms. The first-order valence-corrected chi connectivity index (χ1v) is 11.5. The molecule has 0 bridgehead atoms. The first-order chi connectivity index (χ1) is 17.0. The zero-order chi connectivity index (χ0) is 23.9. The Morgan fingerprint density at radius 2 is 1.97 bits per heavy atom. The molecule has 6 rings (SSSR count). The highest BCUT2D eigenvalue weighted by Crippen LogP contribution is 2.40. The van der Waals surface area contributed by atoms with Gasteiger partial charge >= 0.3 is 0 Å². The Morgan fingerprint density at radius 3 is 2.83 bits per heavy atom. The summed E-state index contributed by atoms with van der Waals surface area (Å²) in [5.41, 5.74) is 4.42. The average Bonchev–Trinajstić information content (AvgIpc) is 3.47. The lowest BCUT2D eigenvalue weighted by Gasteiger charge is -2.24. The first kappa shape index (κ1) is 21.3. The number of nitrogens with zero attached hydrogens (tertiary/aromatic N) is 6. The molecule has 1 N–H and O–H groups in total. The quantitative estimate of drug-likeness (QED) is 0.398. The van der Waals surface area contributed by atoms with Crippen molar-refractivity contribution in [3.05, 3.63) is 94.4 Å². The van der Waals surface area contributed by atoms with E-state index in [1.165, 1.54) is 6.33 Å². The van der Waals surface area contributed by atoms with Crippen molar-refractivity contribution in [2.24, 2.45) is 0 Å². The van der Waals surface area contributed by atoms with Crippen molar-refractivity contribution in [3.63, 3.8) is 0 Å². The predicted molar refractivity (Wildman–Crippen MR) is 130 cm³/mol. The Bertz CT molecular complexity index is 1560. The van der Waals surface area contributed by atoms with Crippen LogP contribution in [0.1, 0.15) is 34.7 Å². The van der Waals surface area contributed by atoms with E-state index in [9.17, 15) is 4.79 Å². The van der Waals surface area contributed by atoms with Gasteiger partial charge in [0.15, 0.2) is 11.5 Å². The van der Waals surface area contributed by atoms with E-state index in [4.69, 9.17) is 21.4 Å². The van der Waals surface area contributed by atoms with Crippen LogP contribution >= 0.6 is 11.6 Å². The van der Waals surface area contributed by atoms with Crippen LogP contribution in [-0.2, 0) is 11.4 Å². The molecule has 9 nitrogen and oxygen atoms in total. The van der Waals surface area contributed by atoms with E-state index in [0.717, 1.165) is 28.1 Å². The van der Waals surface area contributed by atoms with E-state index in [1.807, 2.05) is 61.5 Å². The third-order valence-corrected chi connectivity index (χ3v) is 6.30. The Hall–Kier alpha value is -4.24. The number of hydrogen-bond acceptors (Lipinski definition) is 6. The molecule has 174 valence electrons. The molecule has 0 aliphatic carbocycles. The summed E-state index contributed by atoms with van der Waals surface area (Å²) >= 11 is 5.97. The van der Waals surface area contributed by atoms with Crippen LogP contribution in [0.4, 0.5) is 5.82 Å². The van der Waals surface area contributed by atoms with Crippen LogP contribution in [-0.4, -0.2) is 35.5 Å². The van der Waals surface area contributed by atoms with Crippen molar-refractivity contribution in [1.29, 1.82) is 0 Å². The van der Waals surface area contributed by atoms with Gasteiger partial charge in [0, 0.05) is 22.9 Å². The maximum Gasteiger partial charge on any atom is 0.226 e. The third kappa shape index (κ3) is 4.00. The van der Waals surface area contributed by atoms with Gasteiger partial charge in [-0.05, 0) is 54.4 Å². The van der Waals surface area contributed by atoms with Gasteiger partial charge in [0.05, 0.1) is 5.69 Å². The summed E-state index contributed by atoms with van der Waals surface area (Å²) in [4.78, 5) is 12.8. The van der Waals surface area contributed by atoms with E-state index in [1.54, 1.807) is 15.3 Å². The second-order valence-corrected chi connectivity index (χ2v) is 8.81. The fourth-order valence-corrected chi connectivity index (χ4v) is 4.52. The molecule has 1 unspecified atom stereocenters. The van der Waals surface area contributed by atoms with Crippen molar-refractivity contribution < 1.29 is 9.53 Å². The maximum atomic E-state index is 12.8. The van der Waals surface area contributed by atoms with Gasteiger partial charge in [-0.2, -0.15) is 14.3 Å². The van der Waals surface area contributed by atoms with Crippen LogP contribution in [0, 0.1) is 6.92 Å². The summed E-state index contributed by atoms with van der Waals surface area (Å²) in [6, 6.07) is 19.0. The van der Waals surface area contributed by atoms with Gasteiger partial charge in [0.25, 0.3) is 0 Å². The summed E-state index contributed by atoms with van der Waals surface area (Å²) in [6.07, 6.45) is 1.84. The molecule has 0 radical (unpaired) electrons. The smallest absolute Gasteiger partial charge is 0.226 e. The molecule has 10 heteroatoms. The molecule has 1 amide bonds. The van der Waals surface area contributed by atoms with E-state index in [0.29, 0.717) is 35.3 Å². The molecule has 3 aromatic heterocycles. The molecule has 0 saturated carbocycles. The standard InChI is InChI=1S/C25H20ClN7O2/c1-15-24-20(17-3-2-4-19(11-17)35-13-16-5-7-18(26)8-6-16)12-23(34)28-25(24)33(30-15)22-10-9-21-29-27-14-32(21)31-22/h2-11,14,20H,12-13H2,1H3,(H,28,34). The summed E-state index contributed by atoms with van der Waals surface area (Å²) in [7, 11) is 0. The Kier molecular flexibility index (Phi) is 5.18.